The molecule has 74 valence electrons. The number of nitriles is 2. The molecule has 0 unspecified atom stereocenters. The lowest BCUT2D eigenvalue weighted by molar-refractivity contribution is -0.385. The maximum absolute atomic E-state index is 10.7. The van der Waals surface area contributed by atoms with E-state index in [9.17, 15) is 10.1 Å². The number of nitro benzene ring substituents is 1. The third-order valence-corrected chi connectivity index (χ3v) is 2.01. The van der Waals surface area contributed by atoms with Crippen LogP contribution in [0, 0.1) is 39.7 Å². The third kappa shape index (κ3) is 2.09. The van der Waals surface area contributed by atoms with E-state index < -0.39 is 4.92 Å². The predicted molar refractivity (Wildman–Crippen MR) is 51.9 cm³/mol. The summed E-state index contributed by atoms with van der Waals surface area (Å²) in [5, 5.41) is 27.9. The number of benzene rings is 1. The third-order valence-electron chi connectivity index (χ3n) is 2.01. The maximum Gasteiger partial charge on any atom is 0.273 e. The lowest BCUT2D eigenvalue weighted by Crippen LogP contribution is -1.97. The number of hydrogen-bond acceptors (Lipinski definition) is 4. The molecule has 15 heavy (non-hydrogen) atoms. The van der Waals surface area contributed by atoms with Crippen LogP contribution in [0.4, 0.5) is 5.69 Å². The lowest BCUT2D eigenvalue weighted by Gasteiger charge is -2.01. The fraction of sp³-hybridized carbons (Fsp3) is 0.200. The van der Waals surface area contributed by atoms with Gasteiger partial charge in [0.15, 0.2) is 0 Å². The van der Waals surface area contributed by atoms with Crippen LogP contribution in [0.5, 0.6) is 0 Å². The molecule has 0 aromatic heterocycles. The molecule has 0 bridgehead atoms. The van der Waals surface area contributed by atoms with Gasteiger partial charge in [-0.15, -0.1) is 0 Å². The summed E-state index contributed by atoms with van der Waals surface area (Å²) >= 11 is 0. The van der Waals surface area contributed by atoms with Gasteiger partial charge in [0.1, 0.15) is 0 Å². The molecule has 0 radical (unpaired) electrons. The monoisotopic (exact) mass is 201 g/mol. The van der Waals surface area contributed by atoms with E-state index in [0.717, 1.165) is 0 Å². The Morgan fingerprint density at radius 2 is 2.13 bits per heavy atom. The second kappa shape index (κ2) is 4.21. The Bertz CT molecular complexity index is 495. The van der Waals surface area contributed by atoms with E-state index >= 15 is 0 Å². The van der Waals surface area contributed by atoms with Gasteiger partial charge in [-0.25, -0.2) is 0 Å². The largest absolute Gasteiger partial charge is 0.273 e. The summed E-state index contributed by atoms with van der Waals surface area (Å²) in [4.78, 5) is 10.1. The normalized spacial score (nSPS) is 9.00. The second-order valence-corrected chi connectivity index (χ2v) is 3.00. The average Bonchev–Trinajstić information content (AvgIpc) is 2.20. The average molecular weight is 201 g/mol. The molecule has 0 spiro atoms. The fourth-order valence-electron chi connectivity index (χ4n) is 1.25. The minimum absolute atomic E-state index is 0.0642. The highest BCUT2D eigenvalue weighted by Crippen LogP contribution is 2.23. The van der Waals surface area contributed by atoms with Crippen molar-refractivity contribution in [3.63, 3.8) is 0 Å². The minimum atomic E-state index is -0.541. The van der Waals surface area contributed by atoms with Gasteiger partial charge in [-0.3, -0.25) is 10.1 Å². The Hall–Kier alpha value is -2.40. The van der Waals surface area contributed by atoms with E-state index in [4.69, 9.17) is 10.5 Å². The van der Waals surface area contributed by atoms with Crippen LogP contribution in [0.1, 0.15) is 16.7 Å². The van der Waals surface area contributed by atoms with Gasteiger partial charge >= 0.3 is 0 Å². The number of hydrogen-bond donors (Lipinski definition) is 0. The molecular weight excluding hydrogens is 194 g/mol. The van der Waals surface area contributed by atoms with Crippen molar-refractivity contribution in [1.29, 1.82) is 10.5 Å². The maximum atomic E-state index is 10.7. The Kier molecular flexibility index (Phi) is 3.00. The van der Waals surface area contributed by atoms with Gasteiger partial charge in [0.05, 0.1) is 29.0 Å². The summed E-state index contributed by atoms with van der Waals surface area (Å²) in [7, 11) is 0. The van der Waals surface area contributed by atoms with Gasteiger partial charge in [0, 0.05) is 11.6 Å². The SMILES string of the molecule is Cc1cc([N+](=O)[O-])c(CC#N)cc1C#N. The van der Waals surface area contributed by atoms with Crippen molar-refractivity contribution in [2.45, 2.75) is 13.3 Å². The van der Waals surface area contributed by atoms with E-state index in [-0.39, 0.29) is 17.7 Å². The number of nitro groups is 1. The molecular formula is C10H7N3O2. The van der Waals surface area contributed by atoms with Gasteiger partial charge in [-0.05, 0) is 18.6 Å². The number of rotatable bonds is 2. The first kappa shape index (κ1) is 10.7. The van der Waals surface area contributed by atoms with Gasteiger partial charge in [-0.1, -0.05) is 0 Å². The van der Waals surface area contributed by atoms with Crippen molar-refractivity contribution in [1.82, 2.24) is 0 Å². The molecule has 5 heteroatoms. The quantitative estimate of drug-likeness (QED) is 0.539. The molecule has 0 saturated carbocycles. The van der Waals surface area contributed by atoms with Crippen LogP contribution in [0.15, 0.2) is 12.1 Å². The Morgan fingerprint density at radius 1 is 1.47 bits per heavy atom. The van der Waals surface area contributed by atoms with Crippen LogP contribution in [-0.4, -0.2) is 4.92 Å². The first-order valence-electron chi connectivity index (χ1n) is 4.15. The van der Waals surface area contributed by atoms with Crippen molar-refractivity contribution in [3.8, 4) is 12.1 Å². The molecule has 0 N–H and O–H groups in total. The molecule has 0 heterocycles. The van der Waals surface area contributed by atoms with Crippen LogP contribution >= 0.6 is 0 Å². The standard InChI is InChI=1S/C10H7N3O2/c1-7-4-10(13(14)15)8(2-3-11)5-9(7)6-12/h4-5H,2H2,1H3. The number of nitrogens with zero attached hydrogens (tertiary/aromatic N) is 3. The van der Waals surface area contributed by atoms with Crippen molar-refractivity contribution < 1.29 is 4.92 Å². The van der Waals surface area contributed by atoms with Gasteiger partial charge in [0.2, 0.25) is 0 Å². The Balaban J connectivity index is 3.41. The van der Waals surface area contributed by atoms with E-state index in [1.165, 1.54) is 12.1 Å². The van der Waals surface area contributed by atoms with Crippen LogP contribution in [0.3, 0.4) is 0 Å². The second-order valence-electron chi connectivity index (χ2n) is 3.00. The molecule has 1 aromatic carbocycles. The smallest absolute Gasteiger partial charge is 0.258 e. The van der Waals surface area contributed by atoms with Crippen molar-refractivity contribution in [2.75, 3.05) is 0 Å². The van der Waals surface area contributed by atoms with Crippen molar-refractivity contribution >= 4 is 5.69 Å². The summed E-state index contributed by atoms with van der Waals surface area (Å²) < 4.78 is 0. The van der Waals surface area contributed by atoms with E-state index in [0.29, 0.717) is 11.1 Å². The molecule has 5 nitrogen and oxygen atoms in total. The first-order chi connectivity index (χ1) is 7.10. The number of aryl methyl sites for hydroxylation is 1. The highest BCUT2D eigenvalue weighted by Gasteiger charge is 2.15. The topological polar surface area (TPSA) is 90.7 Å². The van der Waals surface area contributed by atoms with Gasteiger partial charge in [-0.2, -0.15) is 10.5 Å². The minimum Gasteiger partial charge on any atom is -0.258 e. The van der Waals surface area contributed by atoms with Crippen LogP contribution in [-0.2, 0) is 6.42 Å². The summed E-state index contributed by atoms with van der Waals surface area (Å²) in [5.74, 6) is 0. The zero-order valence-corrected chi connectivity index (χ0v) is 8.02. The molecule has 0 aliphatic carbocycles. The summed E-state index contributed by atoms with van der Waals surface area (Å²) in [6, 6.07) is 6.49. The highest BCUT2D eigenvalue weighted by molar-refractivity contribution is 5.51. The first-order valence-corrected chi connectivity index (χ1v) is 4.15. The molecule has 1 rings (SSSR count). The Labute approximate surface area is 86.3 Å². The molecule has 0 atom stereocenters. The molecule has 0 fully saturated rings. The van der Waals surface area contributed by atoms with Crippen LogP contribution < -0.4 is 0 Å². The summed E-state index contributed by atoms with van der Waals surface area (Å²) in [6.07, 6.45) is -0.0642. The highest BCUT2D eigenvalue weighted by atomic mass is 16.6. The Morgan fingerprint density at radius 3 is 2.60 bits per heavy atom. The van der Waals surface area contributed by atoms with E-state index in [1.54, 1.807) is 6.92 Å². The van der Waals surface area contributed by atoms with Crippen molar-refractivity contribution in [3.05, 3.63) is 38.9 Å². The zero-order chi connectivity index (χ0) is 11.4. The predicted octanol–water partition coefficient (Wildman–Crippen LogP) is 1.84. The lowest BCUT2D eigenvalue weighted by atomic mass is 10.0. The summed E-state index contributed by atoms with van der Waals surface area (Å²) in [5.41, 5.74) is 1.09. The molecule has 0 saturated heterocycles. The summed E-state index contributed by atoms with van der Waals surface area (Å²) in [6.45, 7) is 1.63. The zero-order valence-electron chi connectivity index (χ0n) is 8.02. The molecule has 0 aliphatic rings. The van der Waals surface area contributed by atoms with Gasteiger partial charge < -0.3 is 0 Å². The van der Waals surface area contributed by atoms with Crippen molar-refractivity contribution in [2.24, 2.45) is 0 Å². The fourth-order valence-corrected chi connectivity index (χ4v) is 1.25. The molecule has 0 aliphatic heterocycles. The van der Waals surface area contributed by atoms with E-state index in [2.05, 4.69) is 0 Å². The van der Waals surface area contributed by atoms with Crippen LogP contribution in [0.2, 0.25) is 0 Å². The van der Waals surface area contributed by atoms with Gasteiger partial charge in [0.25, 0.3) is 5.69 Å². The molecule has 1 aromatic rings. The van der Waals surface area contributed by atoms with E-state index in [1.807, 2.05) is 12.1 Å². The van der Waals surface area contributed by atoms with Crippen LogP contribution in [0.25, 0.3) is 0 Å². The molecule has 0 amide bonds.